The number of hydrogen-bond acceptors (Lipinski definition) is 4. The van der Waals surface area contributed by atoms with Gasteiger partial charge in [-0.05, 0) is 26.8 Å². The molecule has 1 amide bonds. The van der Waals surface area contributed by atoms with Gasteiger partial charge in [0.2, 0.25) is 0 Å². The molecule has 0 aromatic carbocycles. The Morgan fingerprint density at radius 3 is 2.76 bits per heavy atom. The van der Waals surface area contributed by atoms with Crippen molar-refractivity contribution in [3.63, 3.8) is 0 Å². The number of nitriles is 1. The third kappa shape index (κ3) is 4.41. The van der Waals surface area contributed by atoms with Crippen LogP contribution in [0.2, 0.25) is 0 Å². The van der Waals surface area contributed by atoms with Crippen LogP contribution in [0.4, 0.5) is 9.18 Å². The monoisotopic (exact) mass is 256 g/mol. The van der Waals surface area contributed by atoms with Crippen LogP contribution in [0.1, 0.15) is 31.2 Å². The van der Waals surface area contributed by atoms with Gasteiger partial charge < -0.3 is 10.1 Å². The van der Waals surface area contributed by atoms with Crippen LogP contribution < -0.4 is 5.32 Å². The van der Waals surface area contributed by atoms with Crippen LogP contribution in [-0.4, -0.2) is 11.7 Å². The van der Waals surface area contributed by atoms with Crippen molar-refractivity contribution < 1.29 is 13.9 Å². The Labute approximate surface area is 103 Å². The minimum absolute atomic E-state index is 0.00371. The molecule has 1 aromatic heterocycles. The quantitative estimate of drug-likeness (QED) is 0.885. The Kier molecular flexibility index (Phi) is 4.07. The minimum atomic E-state index is -0.567. The van der Waals surface area contributed by atoms with E-state index in [1.54, 1.807) is 26.8 Å². The number of rotatable bonds is 2. The lowest BCUT2D eigenvalue weighted by atomic mass is 10.2. The van der Waals surface area contributed by atoms with Crippen molar-refractivity contribution in [1.82, 2.24) is 5.32 Å². The van der Waals surface area contributed by atoms with Crippen LogP contribution in [0.5, 0.6) is 0 Å². The number of thiophene rings is 1. The summed E-state index contributed by atoms with van der Waals surface area (Å²) in [6, 6.07) is 3.15. The second-order valence-electron chi connectivity index (χ2n) is 4.37. The van der Waals surface area contributed by atoms with E-state index < -0.39 is 16.8 Å². The Hall–Kier alpha value is -1.61. The first-order chi connectivity index (χ1) is 7.81. The van der Waals surface area contributed by atoms with Crippen molar-refractivity contribution in [2.45, 2.75) is 32.9 Å². The molecule has 1 aromatic rings. The number of amides is 1. The number of nitrogens with zero attached hydrogens (tertiary/aromatic N) is 1. The molecule has 0 unspecified atom stereocenters. The molecule has 0 atom stereocenters. The van der Waals surface area contributed by atoms with Crippen LogP contribution in [0.3, 0.4) is 0 Å². The highest BCUT2D eigenvalue weighted by atomic mass is 32.1. The Bertz CT molecular complexity index is 457. The molecule has 17 heavy (non-hydrogen) atoms. The predicted molar refractivity (Wildman–Crippen MR) is 62.1 cm³/mol. The number of carbonyl (C=O) groups is 1. The summed E-state index contributed by atoms with van der Waals surface area (Å²) in [5, 5.41) is 10.5. The molecule has 6 heteroatoms. The first-order valence-corrected chi connectivity index (χ1v) is 5.78. The molecule has 1 rings (SSSR count). The summed E-state index contributed by atoms with van der Waals surface area (Å²) in [5.74, 6) is 0. The van der Waals surface area contributed by atoms with Crippen molar-refractivity contribution in [2.24, 2.45) is 0 Å². The van der Waals surface area contributed by atoms with Gasteiger partial charge in [-0.3, -0.25) is 0 Å². The van der Waals surface area contributed by atoms with Gasteiger partial charge in [-0.2, -0.15) is 9.65 Å². The molecule has 0 spiro atoms. The highest BCUT2D eigenvalue weighted by Gasteiger charge is 2.16. The molecule has 0 saturated heterocycles. The van der Waals surface area contributed by atoms with Crippen LogP contribution in [0, 0.1) is 16.5 Å². The van der Waals surface area contributed by atoms with Gasteiger partial charge in [0.25, 0.3) is 0 Å². The number of alkyl carbamates (subject to hydrolysis) is 1. The van der Waals surface area contributed by atoms with Crippen molar-refractivity contribution >= 4 is 17.4 Å². The fourth-order valence-corrected chi connectivity index (χ4v) is 1.82. The zero-order valence-corrected chi connectivity index (χ0v) is 10.7. The Morgan fingerprint density at radius 2 is 2.29 bits per heavy atom. The fourth-order valence-electron chi connectivity index (χ4n) is 1.05. The van der Waals surface area contributed by atoms with Crippen LogP contribution in [-0.2, 0) is 11.3 Å². The molecule has 0 radical (unpaired) electrons. The lowest BCUT2D eigenvalue weighted by Gasteiger charge is -2.19. The SMILES string of the molecule is CC(C)(C)OC(=O)NCc1cc(C#N)c(F)s1. The minimum Gasteiger partial charge on any atom is -0.444 e. The molecule has 1 N–H and O–H groups in total. The maximum absolute atomic E-state index is 13.1. The molecule has 0 aliphatic carbocycles. The highest BCUT2D eigenvalue weighted by Crippen LogP contribution is 2.19. The van der Waals surface area contributed by atoms with Gasteiger partial charge in [-0.1, -0.05) is 0 Å². The maximum atomic E-state index is 13.1. The number of halogens is 1. The standard InChI is InChI=1S/C11H13FN2O2S/c1-11(2,3)16-10(15)14-6-8-4-7(5-13)9(12)17-8/h4H,6H2,1-3H3,(H,14,15). The van der Waals surface area contributed by atoms with Crippen LogP contribution >= 0.6 is 11.3 Å². The van der Waals surface area contributed by atoms with E-state index in [1.807, 2.05) is 0 Å². The largest absolute Gasteiger partial charge is 0.444 e. The van der Waals surface area contributed by atoms with Crippen molar-refractivity contribution in [3.8, 4) is 6.07 Å². The zero-order chi connectivity index (χ0) is 13.1. The molecule has 0 saturated carbocycles. The lowest BCUT2D eigenvalue weighted by Crippen LogP contribution is -2.31. The molecule has 0 aliphatic rings. The summed E-state index contributed by atoms with van der Waals surface area (Å²) in [6.45, 7) is 5.42. The summed E-state index contributed by atoms with van der Waals surface area (Å²) >= 11 is 0.839. The molecular weight excluding hydrogens is 243 g/mol. The van der Waals surface area contributed by atoms with Crippen LogP contribution in [0.15, 0.2) is 6.07 Å². The first kappa shape index (κ1) is 13.5. The summed E-state index contributed by atoms with van der Waals surface area (Å²) in [5.41, 5.74) is -0.571. The predicted octanol–water partition coefficient (Wildman–Crippen LogP) is 2.78. The zero-order valence-electron chi connectivity index (χ0n) is 9.83. The smallest absolute Gasteiger partial charge is 0.407 e. The number of hydrogen-bond donors (Lipinski definition) is 1. The van der Waals surface area contributed by atoms with E-state index in [0.29, 0.717) is 4.88 Å². The van der Waals surface area contributed by atoms with E-state index in [4.69, 9.17) is 10.00 Å². The third-order valence-corrected chi connectivity index (χ3v) is 2.59. The molecule has 4 nitrogen and oxygen atoms in total. The molecule has 0 fully saturated rings. The summed E-state index contributed by atoms with van der Waals surface area (Å²) in [7, 11) is 0. The average Bonchev–Trinajstić information content (AvgIpc) is 2.53. The van der Waals surface area contributed by atoms with Crippen molar-refractivity contribution in [1.29, 1.82) is 5.26 Å². The van der Waals surface area contributed by atoms with E-state index >= 15 is 0 Å². The van der Waals surface area contributed by atoms with E-state index in [-0.39, 0.29) is 12.1 Å². The molecule has 0 bridgehead atoms. The maximum Gasteiger partial charge on any atom is 0.407 e. The molecule has 92 valence electrons. The average molecular weight is 256 g/mol. The molecule has 1 heterocycles. The van der Waals surface area contributed by atoms with Gasteiger partial charge in [0, 0.05) is 4.88 Å². The summed E-state index contributed by atoms with van der Waals surface area (Å²) in [6.07, 6.45) is -0.565. The van der Waals surface area contributed by atoms with Crippen LogP contribution in [0.25, 0.3) is 0 Å². The summed E-state index contributed by atoms with van der Waals surface area (Å²) < 4.78 is 18.1. The fraction of sp³-hybridized carbons (Fsp3) is 0.455. The molecular formula is C11H13FN2O2S. The third-order valence-electron chi connectivity index (χ3n) is 1.66. The Balaban J connectivity index is 2.51. The van der Waals surface area contributed by atoms with Gasteiger partial charge in [-0.25, -0.2) is 4.79 Å². The van der Waals surface area contributed by atoms with Gasteiger partial charge in [0.05, 0.1) is 12.1 Å². The normalized spacial score (nSPS) is 10.8. The Morgan fingerprint density at radius 1 is 1.65 bits per heavy atom. The van der Waals surface area contributed by atoms with Gasteiger partial charge in [-0.15, -0.1) is 11.3 Å². The second-order valence-corrected chi connectivity index (χ2v) is 5.45. The number of ether oxygens (including phenoxy) is 1. The summed E-state index contributed by atoms with van der Waals surface area (Å²) in [4.78, 5) is 11.9. The highest BCUT2D eigenvalue weighted by molar-refractivity contribution is 7.10. The van der Waals surface area contributed by atoms with E-state index in [1.165, 1.54) is 6.07 Å². The number of carbonyl (C=O) groups excluding carboxylic acids is 1. The van der Waals surface area contributed by atoms with E-state index in [9.17, 15) is 9.18 Å². The lowest BCUT2D eigenvalue weighted by molar-refractivity contribution is 0.0524. The van der Waals surface area contributed by atoms with Gasteiger partial charge in [0.1, 0.15) is 11.7 Å². The van der Waals surface area contributed by atoms with Gasteiger partial charge >= 0.3 is 6.09 Å². The number of nitrogens with one attached hydrogen (secondary N) is 1. The van der Waals surface area contributed by atoms with Crippen molar-refractivity contribution in [3.05, 3.63) is 21.6 Å². The van der Waals surface area contributed by atoms with E-state index in [0.717, 1.165) is 11.3 Å². The first-order valence-electron chi connectivity index (χ1n) is 4.97. The van der Waals surface area contributed by atoms with E-state index in [2.05, 4.69) is 5.32 Å². The second kappa shape index (κ2) is 5.15. The van der Waals surface area contributed by atoms with Gasteiger partial charge in [0.15, 0.2) is 5.13 Å². The van der Waals surface area contributed by atoms with Crippen molar-refractivity contribution in [2.75, 3.05) is 0 Å². The molecule has 0 aliphatic heterocycles. The topological polar surface area (TPSA) is 62.1 Å².